The van der Waals surface area contributed by atoms with Crippen molar-refractivity contribution in [1.82, 2.24) is 0 Å². The molecule has 0 aromatic rings. The standard InChI is InChI=1S/C9H19NO6/c10-2-1-3-15-9-8(14)7(13)6(12)5(4-11)16-9/h5-9,11-14H,1-4,10H2/t5?,6-,7+,8?,9+/m0/s1. The zero-order valence-electron chi connectivity index (χ0n) is 8.90. The van der Waals surface area contributed by atoms with Crippen LogP contribution in [0, 0.1) is 0 Å². The lowest BCUT2D eigenvalue weighted by Crippen LogP contribution is -2.59. The minimum Gasteiger partial charge on any atom is -0.394 e. The molecule has 2 unspecified atom stereocenters. The summed E-state index contributed by atoms with van der Waals surface area (Å²) in [4.78, 5) is 0. The van der Waals surface area contributed by atoms with Crippen molar-refractivity contribution < 1.29 is 29.9 Å². The second-order valence-electron chi connectivity index (χ2n) is 3.71. The van der Waals surface area contributed by atoms with Gasteiger partial charge in [-0.2, -0.15) is 0 Å². The molecule has 1 aliphatic rings. The van der Waals surface area contributed by atoms with Crippen molar-refractivity contribution in [2.75, 3.05) is 19.8 Å². The Kier molecular flexibility index (Phi) is 5.56. The molecule has 1 rings (SSSR count). The highest BCUT2D eigenvalue weighted by Crippen LogP contribution is 2.21. The van der Waals surface area contributed by atoms with E-state index in [2.05, 4.69) is 0 Å². The zero-order valence-corrected chi connectivity index (χ0v) is 8.90. The normalized spacial score (nSPS) is 39.9. The molecule has 7 nitrogen and oxygen atoms in total. The van der Waals surface area contributed by atoms with Gasteiger partial charge in [0.2, 0.25) is 0 Å². The summed E-state index contributed by atoms with van der Waals surface area (Å²) in [6, 6.07) is 0. The van der Waals surface area contributed by atoms with E-state index in [-0.39, 0.29) is 6.61 Å². The number of hydrogen-bond donors (Lipinski definition) is 5. The summed E-state index contributed by atoms with van der Waals surface area (Å²) in [6.45, 7) is 0.262. The Labute approximate surface area is 93.4 Å². The summed E-state index contributed by atoms with van der Waals surface area (Å²) in [5, 5.41) is 37.4. The number of aliphatic hydroxyl groups excluding tert-OH is 4. The van der Waals surface area contributed by atoms with Crippen LogP contribution in [0.15, 0.2) is 0 Å². The monoisotopic (exact) mass is 237 g/mol. The minimum atomic E-state index is -1.39. The fourth-order valence-electron chi connectivity index (χ4n) is 1.49. The van der Waals surface area contributed by atoms with E-state index in [1.54, 1.807) is 0 Å². The molecule has 0 aliphatic carbocycles. The topological polar surface area (TPSA) is 125 Å². The fraction of sp³-hybridized carbons (Fsp3) is 1.00. The summed E-state index contributed by atoms with van der Waals surface area (Å²) in [6.07, 6.45) is -5.48. The first kappa shape index (κ1) is 13.8. The summed E-state index contributed by atoms with van der Waals surface area (Å²) >= 11 is 0. The molecule has 0 aromatic heterocycles. The van der Waals surface area contributed by atoms with E-state index in [9.17, 15) is 15.3 Å². The van der Waals surface area contributed by atoms with Gasteiger partial charge in [-0.15, -0.1) is 0 Å². The largest absolute Gasteiger partial charge is 0.394 e. The Morgan fingerprint density at radius 3 is 2.38 bits per heavy atom. The van der Waals surface area contributed by atoms with E-state index in [1.165, 1.54) is 0 Å². The molecule has 1 heterocycles. The van der Waals surface area contributed by atoms with Crippen LogP contribution >= 0.6 is 0 Å². The van der Waals surface area contributed by atoms with Crippen LogP contribution in [-0.4, -0.2) is 70.9 Å². The molecule has 6 N–H and O–H groups in total. The van der Waals surface area contributed by atoms with Crippen molar-refractivity contribution in [2.45, 2.75) is 37.1 Å². The lowest BCUT2D eigenvalue weighted by Gasteiger charge is -2.39. The predicted octanol–water partition coefficient (Wildman–Crippen LogP) is -2.85. The molecular formula is C9H19NO6. The third kappa shape index (κ3) is 3.11. The van der Waals surface area contributed by atoms with Crippen LogP contribution in [0.2, 0.25) is 0 Å². The van der Waals surface area contributed by atoms with E-state index in [4.69, 9.17) is 20.3 Å². The Balaban J connectivity index is 2.50. The van der Waals surface area contributed by atoms with E-state index in [0.717, 1.165) is 0 Å². The Morgan fingerprint density at radius 1 is 1.12 bits per heavy atom. The predicted molar refractivity (Wildman–Crippen MR) is 53.4 cm³/mol. The molecule has 0 radical (unpaired) electrons. The van der Waals surface area contributed by atoms with E-state index >= 15 is 0 Å². The molecule has 0 aromatic carbocycles. The van der Waals surface area contributed by atoms with Gasteiger partial charge in [0.25, 0.3) is 0 Å². The van der Waals surface area contributed by atoms with Crippen LogP contribution in [0.1, 0.15) is 6.42 Å². The molecule has 5 atom stereocenters. The van der Waals surface area contributed by atoms with Gasteiger partial charge in [-0.3, -0.25) is 0 Å². The third-order valence-electron chi connectivity index (χ3n) is 2.48. The van der Waals surface area contributed by atoms with Gasteiger partial charge in [-0.25, -0.2) is 0 Å². The highest BCUT2D eigenvalue weighted by molar-refractivity contribution is 4.88. The molecule has 7 heteroatoms. The van der Waals surface area contributed by atoms with Gasteiger partial charge in [0.15, 0.2) is 6.29 Å². The van der Waals surface area contributed by atoms with Crippen molar-refractivity contribution in [2.24, 2.45) is 5.73 Å². The molecule has 1 aliphatic heterocycles. The number of nitrogens with two attached hydrogens (primary N) is 1. The van der Waals surface area contributed by atoms with Gasteiger partial charge in [0, 0.05) is 0 Å². The minimum absolute atomic E-state index is 0.277. The molecule has 0 bridgehead atoms. The molecule has 0 amide bonds. The van der Waals surface area contributed by atoms with Crippen molar-refractivity contribution >= 4 is 0 Å². The first-order chi connectivity index (χ1) is 7.61. The Morgan fingerprint density at radius 2 is 1.81 bits per heavy atom. The van der Waals surface area contributed by atoms with Gasteiger partial charge in [0.1, 0.15) is 24.4 Å². The maximum Gasteiger partial charge on any atom is 0.186 e. The van der Waals surface area contributed by atoms with Gasteiger partial charge < -0.3 is 35.6 Å². The van der Waals surface area contributed by atoms with Gasteiger partial charge in [-0.05, 0) is 13.0 Å². The molecule has 1 fully saturated rings. The first-order valence-corrected chi connectivity index (χ1v) is 5.24. The Hall–Kier alpha value is -0.280. The lowest BCUT2D eigenvalue weighted by molar-refractivity contribution is -0.301. The summed E-state index contributed by atoms with van der Waals surface area (Å²) in [5.74, 6) is 0. The summed E-state index contributed by atoms with van der Waals surface area (Å²) < 4.78 is 10.3. The van der Waals surface area contributed by atoms with E-state index in [1.807, 2.05) is 0 Å². The van der Waals surface area contributed by atoms with Crippen molar-refractivity contribution in [1.29, 1.82) is 0 Å². The van der Waals surface area contributed by atoms with Crippen LogP contribution in [0.4, 0.5) is 0 Å². The van der Waals surface area contributed by atoms with E-state index < -0.39 is 37.3 Å². The van der Waals surface area contributed by atoms with E-state index in [0.29, 0.717) is 13.0 Å². The SMILES string of the molecule is NCCCO[C@@H]1OC(CO)[C@H](O)[C@@H](O)C1O. The molecule has 1 saturated heterocycles. The molecular weight excluding hydrogens is 218 g/mol. The maximum atomic E-state index is 9.55. The molecule has 16 heavy (non-hydrogen) atoms. The number of rotatable bonds is 5. The average Bonchev–Trinajstić information content (AvgIpc) is 2.29. The highest BCUT2D eigenvalue weighted by atomic mass is 16.7. The third-order valence-corrected chi connectivity index (χ3v) is 2.48. The van der Waals surface area contributed by atoms with Gasteiger partial charge in [0.05, 0.1) is 13.2 Å². The first-order valence-electron chi connectivity index (χ1n) is 5.24. The number of ether oxygens (including phenoxy) is 2. The molecule has 96 valence electrons. The second-order valence-corrected chi connectivity index (χ2v) is 3.71. The molecule has 0 spiro atoms. The zero-order chi connectivity index (χ0) is 12.1. The smallest absolute Gasteiger partial charge is 0.186 e. The average molecular weight is 237 g/mol. The van der Waals surface area contributed by atoms with Crippen LogP contribution < -0.4 is 5.73 Å². The van der Waals surface area contributed by atoms with Crippen LogP contribution in [-0.2, 0) is 9.47 Å². The van der Waals surface area contributed by atoms with Crippen LogP contribution in [0.25, 0.3) is 0 Å². The highest BCUT2D eigenvalue weighted by Gasteiger charge is 2.43. The quantitative estimate of drug-likeness (QED) is 0.326. The van der Waals surface area contributed by atoms with Gasteiger partial charge >= 0.3 is 0 Å². The van der Waals surface area contributed by atoms with Crippen LogP contribution in [0.3, 0.4) is 0 Å². The number of hydrogen-bond acceptors (Lipinski definition) is 7. The van der Waals surface area contributed by atoms with Crippen molar-refractivity contribution in [3.8, 4) is 0 Å². The maximum absolute atomic E-state index is 9.55. The number of aliphatic hydroxyl groups is 4. The van der Waals surface area contributed by atoms with Gasteiger partial charge in [-0.1, -0.05) is 0 Å². The summed E-state index contributed by atoms with van der Waals surface area (Å²) in [5.41, 5.74) is 5.27. The van der Waals surface area contributed by atoms with Crippen molar-refractivity contribution in [3.63, 3.8) is 0 Å². The van der Waals surface area contributed by atoms with Crippen LogP contribution in [0.5, 0.6) is 0 Å². The second kappa shape index (κ2) is 6.45. The van der Waals surface area contributed by atoms with Crippen molar-refractivity contribution in [3.05, 3.63) is 0 Å². The molecule has 0 saturated carbocycles. The Bertz CT molecular complexity index is 202. The summed E-state index contributed by atoms with van der Waals surface area (Å²) in [7, 11) is 0. The fourth-order valence-corrected chi connectivity index (χ4v) is 1.49. The lowest BCUT2D eigenvalue weighted by atomic mass is 9.99.